The van der Waals surface area contributed by atoms with Crippen LogP contribution >= 0.6 is 0 Å². The van der Waals surface area contributed by atoms with Gasteiger partial charge in [0.1, 0.15) is 0 Å². The van der Waals surface area contributed by atoms with Gasteiger partial charge in [-0.25, -0.2) is 0 Å². The second-order valence-electron chi connectivity index (χ2n) is 8.80. The van der Waals surface area contributed by atoms with Crippen molar-refractivity contribution < 1.29 is 9.21 Å². The molecule has 1 spiro atoms. The highest BCUT2D eigenvalue weighted by atomic mass is 16.4. The molecule has 2 saturated heterocycles. The van der Waals surface area contributed by atoms with E-state index in [2.05, 4.69) is 44.3 Å². The summed E-state index contributed by atoms with van der Waals surface area (Å²) in [7, 11) is 0. The summed E-state index contributed by atoms with van der Waals surface area (Å²) in [5.74, 6) is 1.39. The summed E-state index contributed by atoms with van der Waals surface area (Å²) in [6.45, 7) is 5.20. The number of likely N-dealkylation sites (tertiary alicyclic amines) is 2. The fourth-order valence-corrected chi connectivity index (χ4v) is 5.04. The van der Waals surface area contributed by atoms with Crippen LogP contribution in [0.2, 0.25) is 0 Å². The first kappa shape index (κ1) is 19.9. The number of benzene rings is 1. The van der Waals surface area contributed by atoms with Crippen LogP contribution in [-0.2, 0) is 6.54 Å². The van der Waals surface area contributed by atoms with Gasteiger partial charge in [-0.1, -0.05) is 30.3 Å². The van der Waals surface area contributed by atoms with Gasteiger partial charge >= 0.3 is 0 Å². The quantitative estimate of drug-likeness (QED) is 0.645. The number of carbonyl (C=O) groups is 1. The lowest BCUT2D eigenvalue weighted by Gasteiger charge is -2.39. The molecule has 4 heterocycles. The van der Waals surface area contributed by atoms with Crippen LogP contribution in [0, 0.1) is 12.3 Å². The average molecular weight is 418 g/mol. The fourth-order valence-electron chi connectivity index (χ4n) is 5.04. The summed E-state index contributed by atoms with van der Waals surface area (Å²) >= 11 is 0. The van der Waals surface area contributed by atoms with E-state index in [0.29, 0.717) is 17.3 Å². The Bertz CT molecular complexity index is 1030. The molecule has 1 atom stereocenters. The van der Waals surface area contributed by atoms with E-state index in [9.17, 15) is 4.79 Å². The monoisotopic (exact) mass is 417 g/mol. The van der Waals surface area contributed by atoms with Crippen LogP contribution in [0.1, 0.15) is 53.0 Å². The Hall–Kier alpha value is -3.06. The maximum atomic E-state index is 12.8. The maximum Gasteiger partial charge on any atom is 0.255 e. The standard InChI is InChI=1S/C24H27N5O2/c1-18-26-27-22(31-18)21-14-24(17-29(21)16-19-6-3-2-4-7-19)9-12-28(13-10-24)23(30)20-8-5-11-25-15-20/h2-8,11,15,21H,9-10,12-14,16-17H2,1H3/t21-/m0/s1. The molecule has 2 aromatic heterocycles. The van der Waals surface area contributed by atoms with Crippen LogP contribution in [0.25, 0.3) is 0 Å². The highest BCUT2D eigenvalue weighted by Crippen LogP contribution is 2.49. The molecule has 0 radical (unpaired) electrons. The van der Waals surface area contributed by atoms with Crippen LogP contribution < -0.4 is 0 Å². The Balaban J connectivity index is 1.32. The van der Waals surface area contributed by atoms with Crippen molar-refractivity contribution in [3.05, 3.63) is 77.8 Å². The Kier molecular flexibility index (Phi) is 5.28. The Morgan fingerprint density at radius 3 is 2.61 bits per heavy atom. The molecule has 160 valence electrons. The third-order valence-electron chi connectivity index (χ3n) is 6.68. The lowest BCUT2D eigenvalue weighted by atomic mass is 9.76. The van der Waals surface area contributed by atoms with Crippen LogP contribution in [0.3, 0.4) is 0 Å². The molecular weight excluding hydrogens is 390 g/mol. The average Bonchev–Trinajstić information content (AvgIpc) is 3.39. The number of carbonyl (C=O) groups excluding carboxylic acids is 1. The molecule has 2 aliphatic heterocycles. The van der Waals surface area contributed by atoms with E-state index in [0.717, 1.165) is 45.4 Å². The molecule has 7 nitrogen and oxygen atoms in total. The topological polar surface area (TPSA) is 75.4 Å². The van der Waals surface area contributed by atoms with Gasteiger partial charge in [0.05, 0.1) is 11.6 Å². The van der Waals surface area contributed by atoms with Crippen molar-refractivity contribution in [1.29, 1.82) is 0 Å². The molecule has 0 N–H and O–H groups in total. The molecular formula is C24H27N5O2. The normalized spacial score (nSPS) is 20.9. The lowest BCUT2D eigenvalue weighted by Crippen LogP contribution is -2.44. The Morgan fingerprint density at radius 2 is 1.94 bits per heavy atom. The number of hydrogen-bond donors (Lipinski definition) is 0. The van der Waals surface area contributed by atoms with E-state index in [1.165, 1.54) is 5.56 Å². The summed E-state index contributed by atoms with van der Waals surface area (Å²) in [5, 5.41) is 8.42. The van der Waals surface area contributed by atoms with Crippen LogP contribution in [0.15, 0.2) is 59.3 Å². The van der Waals surface area contributed by atoms with Gasteiger partial charge in [-0.3, -0.25) is 14.7 Å². The zero-order chi connectivity index (χ0) is 21.3. The van der Waals surface area contributed by atoms with Crippen molar-refractivity contribution in [3.8, 4) is 0 Å². The van der Waals surface area contributed by atoms with Crippen LogP contribution in [0.4, 0.5) is 0 Å². The molecule has 7 heteroatoms. The van der Waals surface area contributed by atoms with Crippen molar-refractivity contribution >= 4 is 5.91 Å². The van der Waals surface area contributed by atoms with Crippen LogP contribution in [0.5, 0.6) is 0 Å². The number of piperidine rings is 1. The smallest absolute Gasteiger partial charge is 0.255 e. The highest BCUT2D eigenvalue weighted by molar-refractivity contribution is 5.93. The van der Waals surface area contributed by atoms with Gasteiger partial charge in [0.2, 0.25) is 11.8 Å². The van der Waals surface area contributed by atoms with E-state index < -0.39 is 0 Å². The van der Waals surface area contributed by atoms with Gasteiger partial charge in [-0.05, 0) is 42.4 Å². The molecule has 3 aromatic rings. The number of amides is 1. The summed E-state index contributed by atoms with van der Waals surface area (Å²) in [5.41, 5.74) is 2.10. The van der Waals surface area contributed by atoms with E-state index in [1.807, 2.05) is 30.0 Å². The largest absolute Gasteiger partial charge is 0.424 e. The second kappa shape index (κ2) is 8.23. The molecule has 0 aliphatic carbocycles. The highest BCUT2D eigenvalue weighted by Gasteiger charge is 2.48. The first-order valence-electron chi connectivity index (χ1n) is 10.9. The number of nitrogens with zero attached hydrogens (tertiary/aromatic N) is 5. The molecule has 2 aliphatic rings. The number of hydrogen-bond acceptors (Lipinski definition) is 6. The minimum atomic E-state index is 0.0752. The van der Waals surface area contributed by atoms with Crippen molar-refractivity contribution in [3.63, 3.8) is 0 Å². The van der Waals surface area contributed by atoms with Gasteiger partial charge in [0, 0.05) is 45.5 Å². The number of pyridine rings is 1. The SMILES string of the molecule is Cc1nnc([C@@H]2CC3(CCN(C(=O)c4cccnc4)CC3)CN2Cc2ccccc2)o1. The first-order chi connectivity index (χ1) is 15.1. The number of aromatic nitrogens is 3. The lowest BCUT2D eigenvalue weighted by molar-refractivity contribution is 0.0587. The minimum absolute atomic E-state index is 0.0752. The summed E-state index contributed by atoms with van der Waals surface area (Å²) in [4.78, 5) is 21.4. The van der Waals surface area contributed by atoms with E-state index in [4.69, 9.17) is 4.42 Å². The Labute approximate surface area is 182 Å². The molecule has 0 unspecified atom stereocenters. The fraction of sp³-hybridized carbons (Fsp3) is 0.417. The Morgan fingerprint density at radius 1 is 1.13 bits per heavy atom. The van der Waals surface area contributed by atoms with Gasteiger partial charge in [-0.2, -0.15) is 0 Å². The second-order valence-corrected chi connectivity index (χ2v) is 8.80. The molecule has 0 bridgehead atoms. The molecule has 2 fully saturated rings. The third-order valence-corrected chi connectivity index (χ3v) is 6.68. The van der Waals surface area contributed by atoms with E-state index in [1.54, 1.807) is 12.4 Å². The summed E-state index contributed by atoms with van der Waals surface area (Å²) < 4.78 is 5.85. The predicted octanol–water partition coefficient (Wildman–Crippen LogP) is 3.64. The van der Waals surface area contributed by atoms with Crippen molar-refractivity contribution in [2.45, 2.75) is 38.8 Å². The molecule has 31 heavy (non-hydrogen) atoms. The zero-order valence-electron chi connectivity index (χ0n) is 17.8. The first-order valence-corrected chi connectivity index (χ1v) is 10.9. The molecule has 1 amide bonds. The van der Waals surface area contributed by atoms with Crippen molar-refractivity contribution in [2.75, 3.05) is 19.6 Å². The van der Waals surface area contributed by atoms with E-state index in [-0.39, 0.29) is 17.4 Å². The molecule has 5 rings (SSSR count). The predicted molar refractivity (Wildman–Crippen MR) is 115 cm³/mol. The third kappa shape index (κ3) is 4.10. The van der Waals surface area contributed by atoms with E-state index >= 15 is 0 Å². The van der Waals surface area contributed by atoms with Crippen LogP contribution in [-0.4, -0.2) is 50.5 Å². The minimum Gasteiger partial charge on any atom is -0.424 e. The van der Waals surface area contributed by atoms with Gasteiger partial charge in [-0.15, -0.1) is 10.2 Å². The maximum absolute atomic E-state index is 12.8. The van der Waals surface area contributed by atoms with Crippen molar-refractivity contribution in [1.82, 2.24) is 25.0 Å². The zero-order valence-corrected chi connectivity index (χ0v) is 17.8. The summed E-state index contributed by atoms with van der Waals surface area (Å²) in [6, 6.07) is 14.3. The van der Waals surface area contributed by atoms with Gasteiger partial charge < -0.3 is 9.32 Å². The number of aryl methyl sites for hydroxylation is 1. The van der Waals surface area contributed by atoms with Gasteiger partial charge in [0.15, 0.2) is 0 Å². The number of rotatable bonds is 4. The molecule has 0 saturated carbocycles. The summed E-state index contributed by atoms with van der Waals surface area (Å²) in [6.07, 6.45) is 6.29. The van der Waals surface area contributed by atoms with Crippen molar-refractivity contribution in [2.24, 2.45) is 5.41 Å². The van der Waals surface area contributed by atoms with Gasteiger partial charge in [0.25, 0.3) is 5.91 Å². The molecule has 1 aromatic carbocycles.